The summed E-state index contributed by atoms with van der Waals surface area (Å²) in [4.78, 5) is 27.8. The Kier molecular flexibility index (Phi) is 6.39. The van der Waals surface area contributed by atoms with Crippen LogP contribution in [0.25, 0.3) is 0 Å². The van der Waals surface area contributed by atoms with Crippen LogP contribution in [0.2, 0.25) is 10.0 Å². The highest BCUT2D eigenvalue weighted by atomic mass is 35.5. The minimum absolute atomic E-state index is 0.138. The van der Waals surface area contributed by atoms with Crippen LogP contribution < -0.4 is 5.32 Å². The Labute approximate surface area is 188 Å². The van der Waals surface area contributed by atoms with Gasteiger partial charge in [0.2, 0.25) is 0 Å². The molecule has 154 valence electrons. The SMILES string of the molecule is O=C(Nc1cc(C(=O)N2CCOC(c3ccc(Cl)cc3)C2)ccc1Cl)c1cccs1. The molecule has 1 aromatic heterocycles. The number of nitrogens with one attached hydrogen (secondary N) is 1. The van der Waals surface area contributed by atoms with Crippen molar-refractivity contribution in [2.45, 2.75) is 6.10 Å². The number of carbonyl (C=O) groups is 2. The second-order valence-electron chi connectivity index (χ2n) is 6.79. The smallest absolute Gasteiger partial charge is 0.265 e. The van der Waals surface area contributed by atoms with Gasteiger partial charge in [-0.3, -0.25) is 9.59 Å². The normalized spacial score (nSPS) is 16.3. The average Bonchev–Trinajstić information content (AvgIpc) is 3.30. The van der Waals surface area contributed by atoms with Crippen LogP contribution in [0.4, 0.5) is 5.69 Å². The Hall–Kier alpha value is -2.38. The quantitative estimate of drug-likeness (QED) is 0.557. The molecule has 0 radical (unpaired) electrons. The Balaban J connectivity index is 1.50. The summed E-state index contributed by atoms with van der Waals surface area (Å²) in [5, 5.41) is 5.63. The van der Waals surface area contributed by atoms with Gasteiger partial charge in [-0.15, -0.1) is 11.3 Å². The predicted molar refractivity (Wildman–Crippen MR) is 120 cm³/mol. The van der Waals surface area contributed by atoms with E-state index < -0.39 is 0 Å². The first-order valence-electron chi connectivity index (χ1n) is 9.32. The lowest BCUT2D eigenvalue weighted by atomic mass is 10.1. The molecule has 2 aromatic carbocycles. The fraction of sp³-hybridized carbons (Fsp3) is 0.182. The van der Waals surface area contributed by atoms with Crippen molar-refractivity contribution in [3.05, 3.63) is 86.0 Å². The van der Waals surface area contributed by atoms with Crippen molar-refractivity contribution in [1.29, 1.82) is 0 Å². The second kappa shape index (κ2) is 9.18. The number of morpholine rings is 1. The molecule has 5 nitrogen and oxygen atoms in total. The third kappa shape index (κ3) is 4.68. The van der Waals surface area contributed by atoms with E-state index in [0.29, 0.717) is 45.9 Å². The van der Waals surface area contributed by atoms with Crippen LogP contribution in [0.3, 0.4) is 0 Å². The van der Waals surface area contributed by atoms with Crippen molar-refractivity contribution in [2.75, 3.05) is 25.0 Å². The lowest BCUT2D eigenvalue weighted by Gasteiger charge is -2.33. The van der Waals surface area contributed by atoms with E-state index >= 15 is 0 Å². The predicted octanol–water partition coefficient (Wildman–Crippen LogP) is 5.52. The third-order valence-corrected chi connectivity index (χ3v) is 6.25. The summed E-state index contributed by atoms with van der Waals surface area (Å²) < 4.78 is 5.84. The van der Waals surface area contributed by atoms with E-state index in [4.69, 9.17) is 27.9 Å². The molecule has 30 heavy (non-hydrogen) atoms. The zero-order chi connectivity index (χ0) is 21.1. The summed E-state index contributed by atoms with van der Waals surface area (Å²) in [7, 11) is 0. The number of rotatable bonds is 4. The minimum Gasteiger partial charge on any atom is -0.370 e. The van der Waals surface area contributed by atoms with Crippen LogP contribution >= 0.6 is 34.5 Å². The Morgan fingerprint density at radius 2 is 1.90 bits per heavy atom. The van der Waals surface area contributed by atoms with Crippen LogP contribution in [-0.2, 0) is 4.74 Å². The van der Waals surface area contributed by atoms with Gasteiger partial charge in [-0.1, -0.05) is 41.4 Å². The highest BCUT2D eigenvalue weighted by molar-refractivity contribution is 7.12. The number of amides is 2. The summed E-state index contributed by atoms with van der Waals surface area (Å²) >= 11 is 13.5. The van der Waals surface area contributed by atoms with E-state index in [2.05, 4.69) is 5.32 Å². The van der Waals surface area contributed by atoms with Gasteiger partial charge in [0.15, 0.2) is 0 Å². The summed E-state index contributed by atoms with van der Waals surface area (Å²) in [5.41, 5.74) is 1.83. The monoisotopic (exact) mass is 460 g/mol. The molecule has 0 aliphatic carbocycles. The first-order valence-corrected chi connectivity index (χ1v) is 11.0. The molecule has 8 heteroatoms. The Morgan fingerprint density at radius 1 is 1.10 bits per heavy atom. The minimum atomic E-state index is -0.259. The lowest BCUT2D eigenvalue weighted by molar-refractivity contribution is -0.0228. The third-order valence-electron chi connectivity index (χ3n) is 4.80. The van der Waals surface area contributed by atoms with Crippen LogP contribution in [0, 0.1) is 0 Å². The first-order chi connectivity index (χ1) is 14.5. The van der Waals surface area contributed by atoms with E-state index in [1.807, 2.05) is 29.6 Å². The van der Waals surface area contributed by atoms with Crippen molar-refractivity contribution in [3.63, 3.8) is 0 Å². The number of carbonyl (C=O) groups excluding carboxylic acids is 2. The number of ether oxygens (including phenoxy) is 1. The molecule has 0 bridgehead atoms. The number of benzene rings is 2. The number of hydrogen-bond acceptors (Lipinski definition) is 4. The molecule has 1 saturated heterocycles. The van der Waals surface area contributed by atoms with Crippen LogP contribution in [-0.4, -0.2) is 36.4 Å². The van der Waals surface area contributed by atoms with E-state index in [9.17, 15) is 9.59 Å². The van der Waals surface area contributed by atoms with Crippen LogP contribution in [0.15, 0.2) is 60.0 Å². The van der Waals surface area contributed by atoms with Gasteiger partial charge in [0.1, 0.15) is 6.10 Å². The van der Waals surface area contributed by atoms with Gasteiger partial charge in [0.05, 0.1) is 28.7 Å². The molecule has 0 spiro atoms. The van der Waals surface area contributed by atoms with Gasteiger partial charge in [0.25, 0.3) is 11.8 Å². The van der Waals surface area contributed by atoms with Crippen molar-refractivity contribution < 1.29 is 14.3 Å². The van der Waals surface area contributed by atoms with E-state index in [1.165, 1.54) is 11.3 Å². The molecular formula is C22H18Cl2N2O3S. The summed E-state index contributed by atoms with van der Waals surface area (Å²) in [5.74, 6) is -0.397. The fourth-order valence-corrected chi connectivity index (χ4v) is 4.15. The van der Waals surface area contributed by atoms with Gasteiger partial charge >= 0.3 is 0 Å². The maximum absolute atomic E-state index is 13.1. The number of anilines is 1. The molecule has 1 aliphatic rings. The lowest BCUT2D eigenvalue weighted by Crippen LogP contribution is -2.42. The maximum atomic E-state index is 13.1. The topological polar surface area (TPSA) is 58.6 Å². The molecule has 1 fully saturated rings. The van der Waals surface area contributed by atoms with E-state index in [0.717, 1.165) is 5.56 Å². The summed E-state index contributed by atoms with van der Waals surface area (Å²) in [6.45, 7) is 1.36. The molecule has 1 N–H and O–H groups in total. The maximum Gasteiger partial charge on any atom is 0.265 e. The number of nitrogens with zero attached hydrogens (tertiary/aromatic N) is 1. The van der Waals surface area contributed by atoms with Crippen molar-refractivity contribution >= 4 is 52.0 Å². The van der Waals surface area contributed by atoms with Gasteiger partial charge < -0.3 is 15.0 Å². The van der Waals surface area contributed by atoms with E-state index in [1.54, 1.807) is 35.2 Å². The Morgan fingerprint density at radius 3 is 2.63 bits per heavy atom. The highest BCUT2D eigenvalue weighted by Crippen LogP contribution is 2.28. The largest absolute Gasteiger partial charge is 0.370 e. The highest BCUT2D eigenvalue weighted by Gasteiger charge is 2.26. The first kappa shape index (κ1) is 20.9. The second-order valence-corrected chi connectivity index (χ2v) is 8.58. The average molecular weight is 461 g/mol. The molecule has 0 saturated carbocycles. The zero-order valence-electron chi connectivity index (χ0n) is 15.8. The van der Waals surface area contributed by atoms with Gasteiger partial charge in [0, 0.05) is 17.1 Å². The van der Waals surface area contributed by atoms with Gasteiger partial charge in [-0.2, -0.15) is 0 Å². The molecule has 1 atom stereocenters. The van der Waals surface area contributed by atoms with Crippen molar-refractivity contribution in [2.24, 2.45) is 0 Å². The van der Waals surface area contributed by atoms with Crippen LogP contribution in [0.5, 0.6) is 0 Å². The molecule has 1 aliphatic heterocycles. The molecule has 1 unspecified atom stereocenters. The van der Waals surface area contributed by atoms with Gasteiger partial charge in [-0.05, 0) is 47.3 Å². The number of thiophene rings is 1. The molecule has 3 aromatic rings. The molecule has 4 rings (SSSR count). The molecular weight excluding hydrogens is 443 g/mol. The van der Waals surface area contributed by atoms with E-state index in [-0.39, 0.29) is 17.9 Å². The van der Waals surface area contributed by atoms with Crippen LogP contribution in [0.1, 0.15) is 31.7 Å². The number of halogens is 2. The van der Waals surface area contributed by atoms with Crippen molar-refractivity contribution in [3.8, 4) is 0 Å². The standard InChI is InChI=1S/C22H18Cl2N2O3S/c23-16-6-3-14(4-7-16)19-13-26(9-10-29-19)22(28)15-5-8-17(24)18(12-15)25-21(27)20-2-1-11-30-20/h1-8,11-12,19H,9-10,13H2,(H,25,27). The number of hydrogen-bond donors (Lipinski definition) is 1. The summed E-state index contributed by atoms with van der Waals surface area (Å²) in [6.07, 6.45) is -0.217. The Bertz CT molecular complexity index is 1050. The molecule has 2 amide bonds. The van der Waals surface area contributed by atoms with Gasteiger partial charge in [-0.25, -0.2) is 0 Å². The van der Waals surface area contributed by atoms with Crippen molar-refractivity contribution in [1.82, 2.24) is 4.90 Å². The summed E-state index contributed by atoms with van der Waals surface area (Å²) in [6, 6.07) is 15.9. The zero-order valence-corrected chi connectivity index (χ0v) is 18.1. The molecule has 2 heterocycles. The fourth-order valence-electron chi connectivity index (χ4n) is 3.24.